The van der Waals surface area contributed by atoms with Crippen LogP contribution in [0.2, 0.25) is 0 Å². The SMILES string of the molecule is C=C(C#N)C(F)(F)F.C=C(c1ccccc1)C(F)(F)F. The maximum absolute atomic E-state index is 12.0. The number of halogens is 6. The van der Waals surface area contributed by atoms with E-state index in [1.54, 1.807) is 18.2 Å². The molecule has 0 N–H and O–H groups in total. The predicted octanol–water partition coefficient (Wildman–Crippen LogP) is 4.89. The molecule has 108 valence electrons. The van der Waals surface area contributed by atoms with Crippen molar-refractivity contribution in [1.82, 2.24) is 0 Å². The molecule has 0 aliphatic carbocycles. The minimum Gasteiger partial charge on any atom is -0.192 e. The van der Waals surface area contributed by atoms with E-state index < -0.39 is 23.5 Å². The molecule has 0 aliphatic rings. The molecule has 20 heavy (non-hydrogen) atoms. The molecular formula is C13H9F6N. The van der Waals surface area contributed by atoms with E-state index in [9.17, 15) is 26.3 Å². The second-order valence-corrected chi connectivity index (χ2v) is 3.43. The summed E-state index contributed by atoms with van der Waals surface area (Å²) in [5.74, 6) is 0. The van der Waals surface area contributed by atoms with Gasteiger partial charge in [0.2, 0.25) is 0 Å². The molecular weight excluding hydrogens is 284 g/mol. The summed E-state index contributed by atoms with van der Waals surface area (Å²) in [5.41, 5.74) is -2.05. The van der Waals surface area contributed by atoms with E-state index in [2.05, 4.69) is 13.2 Å². The Labute approximate surface area is 111 Å². The van der Waals surface area contributed by atoms with Crippen molar-refractivity contribution in [2.45, 2.75) is 12.4 Å². The highest BCUT2D eigenvalue weighted by molar-refractivity contribution is 5.67. The van der Waals surface area contributed by atoms with Crippen LogP contribution in [0.15, 0.2) is 49.1 Å². The zero-order valence-electron chi connectivity index (χ0n) is 10.0. The van der Waals surface area contributed by atoms with Gasteiger partial charge in [0.15, 0.2) is 0 Å². The van der Waals surface area contributed by atoms with E-state index in [0.717, 1.165) is 6.07 Å². The van der Waals surface area contributed by atoms with Gasteiger partial charge in [0, 0.05) is 0 Å². The van der Waals surface area contributed by atoms with Gasteiger partial charge >= 0.3 is 12.4 Å². The van der Waals surface area contributed by atoms with Crippen molar-refractivity contribution in [1.29, 1.82) is 5.26 Å². The van der Waals surface area contributed by atoms with Crippen molar-refractivity contribution >= 4 is 5.57 Å². The molecule has 7 heteroatoms. The highest BCUT2D eigenvalue weighted by atomic mass is 19.4. The van der Waals surface area contributed by atoms with Crippen LogP contribution in [0, 0.1) is 11.3 Å². The summed E-state index contributed by atoms with van der Waals surface area (Å²) in [6.07, 6.45) is -8.88. The first kappa shape index (κ1) is 17.8. The number of nitriles is 1. The van der Waals surface area contributed by atoms with Gasteiger partial charge in [-0.1, -0.05) is 43.5 Å². The number of benzene rings is 1. The topological polar surface area (TPSA) is 23.8 Å². The third-order valence-electron chi connectivity index (χ3n) is 1.94. The number of hydrogen-bond acceptors (Lipinski definition) is 1. The fraction of sp³-hybridized carbons (Fsp3) is 0.154. The van der Waals surface area contributed by atoms with Gasteiger partial charge in [0.1, 0.15) is 11.6 Å². The van der Waals surface area contributed by atoms with Gasteiger partial charge in [0.05, 0.1) is 5.57 Å². The zero-order chi connectivity index (χ0) is 16.0. The van der Waals surface area contributed by atoms with Crippen LogP contribution in [0.5, 0.6) is 0 Å². The monoisotopic (exact) mass is 293 g/mol. The molecule has 1 aromatic rings. The van der Waals surface area contributed by atoms with E-state index >= 15 is 0 Å². The van der Waals surface area contributed by atoms with E-state index in [0.29, 0.717) is 0 Å². The van der Waals surface area contributed by atoms with E-state index in [1.807, 2.05) is 0 Å². The van der Waals surface area contributed by atoms with Crippen LogP contribution in [0.25, 0.3) is 5.57 Å². The van der Waals surface area contributed by atoms with E-state index in [4.69, 9.17) is 5.26 Å². The highest BCUT2D eigenvalue weighted by Crippen LogP contribution is 2.31. The molecule has 0 aliphatic heterocycles. The molecule has 0 aromatic heterocycles. The van der Waals surface area contributed by atoms with Gasteiger partial charge < -0.3 is 0 Å². The van der Waals surface area contributed by atoms with Gasteiger partial charge in [0.25, 0.3) is 0 Å². The zero-order valence-corrected chi connectivity index (χ0v) is 10.0. The van der Waals surface area contributed by atoms with Gasteiger partial charge in [-0.05, 0) is 5.56 Å². The minimum atomic E-state index is -4.55. The first-order valence-corrected chi connectivity index (χ1v) is 4.98. The number of hydrogen-bond donors (Lipinski definition) is 0. The number of alkyl halides is 6. The Hall–Kier alpha value is -2.23. The van der Waals surface area contributed by atoms with Crippen molar-refractivity contribution < 1.29 is 26.3 Å². The highest BCUT2D eigenvalue weighted by Gasteiger charge is 2.32. The Morgan fingerprint density at radius 1 is 0.900 bits per heavy atom. The fourth-order valence-corrected chi connectivity index (χ4v) is 0.866. The molecule has 0 radical (unpaired) electrons. The Morgan fingerprint density at radius 3 is 1.60 bits per heavy atom. The molecule has 1 aromatic carbocycles. The Kier molecular flexibility index (Phi) is 6.04. The third-order valence-corrected chi connectivity index (χ3v) is 1.94. The van der Waals surface area contributed by atoms with Crippen molar-refractivity contribution in [2.24, 2.45) is 0 Å². The van der Waals surface area contributed by atoms with Gasteiger partial charge in [-0.2, -0.15) is 31.6 Å². The normalized spacial score (nSPS) is 10.8. The lowest BCUT2D eigenvalue weighted by atomic mass is 10.1. The maximum Gasteiger partial charge on any atom is 0.425 e. The van der Waals surface area contributed by atoms with Gasteiger partial charge in [-0.25, -0.2) is 0 Å². The van der Waals surface area contributed by atoms with Crippen LogP contribution in [0.4, 0.5) is 26.3 Å². The van der Waals surface area contributed by atoms with Crippen LogP contribution in [-0.4, -0.2) is 12.4 Å². The summed E-state index contributed by atoms with van der Waals surface area (Å²) in [7, 11) is 0. The third kappa shape index (κ3) is 6.09. The van der Waals surface area contributed by atoms with Crippen LogP contribution >= 0.6 is 0 Å². The van der Waals surface area contributed by atoms with Gasteiger partial charge in [-0.3, -0.25) is 0 Å². The van der Waals surface area contributed by atoms with Crippen molar-refractivity contribution in [3.05, 3.63) is 54.6 Å². The maximum atomic E-state index is 12.0. The predicted molar refractivity (Wildman–Crippen MR) is 62.3 cm³/mol. The standard InChI is InChI=1S/C9H7F3.C4H2F3N/c1-7(9(10,11)12)8-5-3-2-4-6-8;1-3(2-8)4(5,6)7/h2-6H,1H2;1H2. The molecule has 0 saturated carbocycles. The first-order chi connectivity index (χ1) is 9.00. The van der Waals surface area contributed by atoms with E-state index in [-0.39, 0.29) is 5.56 Å². The smallest absolute Gasteiger partial charge is 0.192 e. The second-order valence-electron chi connectivity index (χ2n) is 3.43. The lowest BCUT2D eigenvalue weighted by Crippen LogP contribution is -2.09. The molecule has 0 atom stereocenters. The van der Waals surface area contributed by atoms with E-state index in [1.165, 1.54) is 12.1 Å². The van der Waals surface area contributed by atoms with Crippen LogP contribution < -0.4 is 0 Å². The Bertz CT molecular complexity index is 504. The van der Waals surface area contributed by atoms with Crippen LogP contribution in [0.1, 0.15) is 5.56 Å². The van der Waals surface area contributed by atoms with Gasteiger partial charge in [-0.15, -0.1) is 0 Å². The summed E-state index contributed by atoms with van der Waals surface area (Å²) in [6, 6.07) is 8.41. The Balaban J connectivity index is 0.000000396. The van der Waals surface area contributed by atoms with Crippen LogP contribution in [0.3, 0.4) is 0 Å². The van der Waals surface area contributed by atoms with Crippen molar-refractivity contribution in [3.8, 4) is 6.07 Å². The number of allylic oxidation sites excluding steroid dienone is 2. The molecule has 1 rings (SSSR count). The summed E-state index contributed by atoms with van der Waals surface area (Å²) >= 11 is 0. The molecule has 0 saturated heterocycles. The molecule has 0 spiro atoms. The Morgan fingerprint density at radius 2 is 1.35 bits per heavy atom. The summed E-state index contributed by atoms with van der Waals surface area (Å²) < 4.78 is 69.5. The quantitative estimate of drug-likeness (QED) is 0.534. The van der Waals surface area contributed by atoms with Crippen molar-refractivity contribution in [3.63, 3.8) is 0 Å². The largest absolute Gasteiger partial charge is 0.425 e. The lowest BCUT2D eigenvalue weighted by Gasteiger charge is -2.08. The molecule has 0 heterocycles. The number of nitrogens with zero attached hydrogens (tertiary/aromatic N) is 1. The second kappa shape index (κ2) is 6.80. The summed E-state index contributed by atoms with van der Waals surface area (Å²) in [4.78, 5) is 0. The lowest BCUT2D eigenvalue weighted by molar-refractivity contribution is -0.0870. The van der Waals surface area contributed by atoms with Crippen molar-refractivity contribution in [2.75, 3.05) is 0 Å². The minimum absolute atomic E-state index is 0.116. The van der Waals surface area contributed by atoms with Crippen LogP contribution in [-0.2, 0) is 0 Å². The number of rotatable bonds is 1. The molecule has 0 fully saturated rings. The molecule has 0 unspecified atom stereocenters. The molecule has 0 amide bonds. The molecule has 0 bridgehead atoms. The summed E-state index contributed by atoms with van der Waals surface area (Å²) in [6.45, 7) is 5.43. The average Bonchev–Trinajstić information content (AvgIpc) is 2.36. The first-order valence-electron chi connectivity index (χ1n) is 4.98. The summed E-state index contributed by atoms with van der Waals surface area (Å²) in [5, 5.41) is 7.60. The fourth-order valence-electron chi connectivity index (χ4n) is 0.866. The molecule has 1 nitrogen and oxygen atoms in total. The average molecular weight is 293 g/mol.